The van der Waals surface area contributed by atoms with Gasteiger partial charge in [-0.25, -0.2) is 4.98 Å². The summed E-state index contributed by atoms with van der Waals surface area (Å²) in [6.07, 6.45) is 3.80. The lowest BCUT2D eigenvalue weighted by Crippen LogP contribution is -2.05. The van der Waals surface area contributed by atoms with Gasteiger partial charge < -0.3 is 4.98 Å². The fourth-order valence-corrected chi connectivity index (χ4v) is 2.85. The highest BCUT2D eigenvalue weighted by Crippen LogP contribution is 2.22. The van der Waals surface area contributed by atoms with Crippen molar-refractivity contribution in [1.82, 2.24) is 15.0 Å². The van der Waals surface area contributed by atoms with Crippen molar-refractivity contribution in [3.63, 3.8) is 0 Å². The number of Topliss-reactive ketones (excluding diaryl/α,β-unsaturated/α-hetero) is 1. The van der Waals surface area contributed by atoms with E-state index in [1.807, 2.05) is 79.0 Å². The van der Waals surface area contributed by atoms with Crippen molar-refractivity contribution in [3.05, 3.63) is 96.4 Å². The van der Waals surface area contributed by atoms with Crippen molar-refractivity contribution in [3.8, 4) is 22.6 Å². The molecule has 0 aliphatic carbocycles. The smallest absolute Gasteiger partial charge is 0.168 e. The molecule has 4 aromatic rings. The van der Waals surface area contributed by atoms with Gasteiger partial charge in [0.05, 0.1) is 18.3 Å². The van der Waals surface area contributed by atoms with Gasteiger partial charge >= 0.3 is 0 Å². The number of aromatic nitrogens is 3. The second-order valence-electron chi connectivity index (χ2n) is 6.01. The lowest BCUT2D eigenvalue weighted by molar-refractivity contribution is 0.0992. The third kappa shape index (κ3) is 3.44. The van der Waals surface area contributed by atoms with Gasteiger partial charge in [0.15, 0.2) is 5.78 Å². The van der Waals surface area contributed by atoms with Gasteiger partial charge in [-0.3, -0.25) is 9.78 Å². The molecule has 2 aromatic heterocycles. The number of hydrogen-bond donors (Lipinski definition) is 1. The van der Waals surface area contributed by atoms with Gasteiger partial charge in [-0.15, -0.1) is 0 Å². The molecule has 26 heavy (non-hydrogen) atoms. The summed E-state index contributed by atoms with van der Waals surface area (Å²) in [5, 5.41) is 0. The first-order chi connectivity index (χ1) is 12.8. The molecule has 0 radical (unpaired) electrons. The lowest BCUT2D eigenvalue weighted by atomic mass is 10.1. The van der Waals surface area contributed by atoms with Crippen molar-refractivity contribution in [2.24, 2.45) is 0 Å². The van der Waals surface area contributed by atoms with Crippen LogP contribution in [0.4, 0.5) is 0 Å². The first kappa shape index (κ1) is 16.0. The maximum absolute atomic E-state index is 12.4. The molecule has 0 amide bonds. The molecule has 2 aromatic carbocycles. The first-order valence-electron chi connectivity index (χ1n) is 8.43. The van der Waals surface area contributed by atoms with Crippen LogP contribution in [0.3, 0.4) is 0 Å². The molecular weight excluding hydrogens is 322 g/mol. The van der Waals surface area contributed by atoms with Crippen LogP contribution in [0.25, 0.3) is 22.6 Å². The van der Waals surface area contributed by atoms with E-state index in [9.17, 15) is 4.79 Å². The third-order valence-electron chi connectivity index (χ3n) is 4.19. The summed E-state index contributed by atoms with van der Waals surface area (Å²) in [4.78, 5) is 24.5. The van der Waals surface area contributed by atoms with Crippen molar-refractivity contribution < 1.29 is 4.79 Å². The Labute approximate surface area is 151 Å². The van der Waals surface area contributed by atoms with E-state index < -0.39 is 0 Å². The number of aromatic amines is 1. The normalized spacial score (nSPS) is 10.6. The molecule has 0 unspecified atom stereocenters. The van der Waals surface area contributed by atoms with E-state index in [4.69, 9.17) is 0 Å². The molecule has 2 heterocycles. The van der Waals surface area contributed by atoms with E-state index >= 15 is 0 Å². The predicted molar refractivity (Wildman–Crippen MR) is 102 cm³/mol. The zero-order valence-corrected chi connectivity index (χ0v) is 14.1. The van der Waals surface area contributed by atoms with Gasteiger partial charge in [0.25, 0.3) is 0 Å². The summed E-state index contributed by atoms with van der Waals surface area (Å²) >= 11 is 0. The third-order valence-corrected chi connectivity index (χ3v) is 4.19. The highest BCUT2D eigenvalue weighted by Gasteiger charge is 2.10. The van der Waals surface area contributed by atoms with E-state index in [0.717, 1.165) is 28.3 Å². The van der Waals surface area contributed by atoms with Gasteiger partial charge in [0, 0.05) is 23.0 Å². The minimum absolute atomic E-state index is 0.0552. The molecule has 4 nitrogen and oxygen atoms in total. The molecule has 0 aliphatic rings. The van der Waals surface area contributed by atoms with Crippen molar-refractivity contribution in [2.75, 3.05) is 0 Å². The summed E-state index contributed by atoms with van der Waals surface area (Å²) in [7, 11) is 0. The zero-order chi connectivity index (χ0) is 17.8. The largest absolute Gasteiger partial charge is 0.338 e. The molecule has 0 saturated carbocycles. The molecule has 1 N–H and O–H groups in total. The highest BCUT2D eigenvalue weighted by molar-refractivity contribution is 5.97. The second kappa shape index (κ2) is 7.15. The van der Waals surface area contributed by atoms with E-state index in [2.05, 4.69) is 15.0 Å². The Morgan fingerprint density at radius 3 is 2.35 bits per heavy atom. The Balaban J connectivity index is 1.57. The summed E-state index contributed by atoms with van der Waals surface area (Å²) in [5.74, 6) is 0.819. The Bertz CT molecular complexity index is 1020. The quantitative estimate of drug-likeness (QED) is 0.542. The van der Waals surface area contributed by atoms with Crippen molar-refractivity contribution in [1.29, 1.82) is 0 Å². The van der Waals surface area contributed by atoms with Crippen LogP contribution in [0.1, 0.15) is 16.1 Å². The van der Waals surface area contributed by atoms with Crippen LogP contribution in [-0.2, 0) is 6.42 Å². The number of nitrogens with one attached hydrogen (secondary N) is 1. The zero-order valence-electron chi connectivity index (χ0n) is 14.1. The van der Waals surface area contributed by atoms with Crippen LogP contribution in [-0.4, -0.2) is 20.7 Å². The highest BCUT2D eigenvalue weighted by atomic mass is 16.1. The SMILES string of the molecule is O=C(Cc1cc(-c2ncc(-c3ccccc3)[nH]2)ccn1)c1ccccc1. The van der Waals surface area contributed by atoms with Crippen LogP contribution in [0.5, 0.6) is 0 Å². The Hall–Kier alpha value is -3.53. The molecule has 0 saturated heterocycles. The monoisotopic (exact) mass is 339 g/mol. The molecule has 126 valence electrons. The molecule has 4 rings (SSSR count). The van der Waals surface area contributed by atoms with Crippen LogP contribution < -0.4 is 0 Å². The van der Waals surface area contributed by atoms with Gasteiger partial charge in [-0.2, -0.15) is 0 Å². The molecule has 0 aliphatic heterocycles. The van der Waals surface area contributed by atoms with E-state index in [1.165, 1.54) is 0 Å². The molecule has 0 atom stereocenters. The Morgan fingerprint density at radius 1 is 0.846 bits per heavy atom. The van der Waals surface area contributed by atoms with Crippen molar-refractivity contribution in [2.45, 2.75) is 6.42 Å². The number of nitrogens with zero attached hydrogens (tertiary/aromatic N) is 2. The van der Waals surface area contributed by atoms with Gasteiger partial charge in [0.1, 0.15) is 5.82 Å². The molecule has 0 bridgehead atoms. The fraction of sp³-hybridized carbons (Fsp3) is 0.0455. The molecule has 4 heteroatoms. The maximum Gasteiger partial charge on any atom is 0.168 e. The number of pyridine rings is 1. The number of hydrogen-bond acceptors (Lipinski definition) is 3. The number of ketones is 1. The van der Waals surface area contributed by atoms with Gasteiger partial charge in [-0.05, 0) is 17.7 Å². The average molecular weight is 339 g/mol. The Kier molecular flexibility index (Phi) is 4.39. The van der Waals surface area contributed by atoms with E-state index in [-0.39, 0.29) is 12.2 Å². The number of imidazole rings is 1. The van der Waals surface area contributed by atoms with Crippen LogP contribution in [0.2, 0.25) is 0 Å². The van der Waals surface area contributed by atoms with Gasteiger partial charge in [0.2, 0.25) is 0 Å². The average Bonchev–Trinajstić information content (AvgIpc) is 3.20. The minimum Gasteiger partial charge on any atom is -0.338 e. The number of carbonyl (C=O) groups is 1. The predicted octanol–water partition coefficient (Wildman–Crippen LogP) is 4.56. The number of benzene rings is 2. The maximum atomic E-state index is 12.4. The van der Waals surface area contributed by atoms with E-state index in [0.29, 0.717) is 5.56 Å². The minimum atomic E-state index is 0.0552. The Morgan fingerprint density at radius 2 is 1.58 bits per heavy atom. The number of carbonyl (C=O) groups excluding carboxylic acids is 1. The summed E-state index contributed by atoms with van der Waals surface area (Å²) in [5.41, 5.74) is 4.38. The fourth-order valence-electron chi connectivity index (χ4n) is 2.85. The molecule has 0 spiro atoms. The van der Waals surface area contributed by atoms with Crippen LogP contribution in [0.15, 0.2) is 85.2 Å². The summed E-state index contributed by atoms with van der Waals surface area (Å²) in [6, 6.07) is 23.1. The molecule has 0 fully saturated rings. The van der Waals surface area contributed by atoms with Crippen molar-refractivity contribution >= 4 is 5.78 Å². The number of rotatable bonds is 5. The van der Waals surface area contributed by atoms with Gasteiger partial charge in [-0.1, -0.05) is 60.7 Å². The van der Waals surface area contributed by atoms with E-state index in [1.54, 1.807) is 6.20 Å². The molecular formula is C22H17N3O. The van der Waals surface area contributed by atoms with Crippen LogP contribution in [0, 0.1) is 0 Å². The standard InChI is InChI=1S/C22H17N3O/c26-21(17-9-5-2-6-10-17)14-19-13-18(11-12-23-19)22-24-15-20(25-22)16-7-3-1-4-8-16/h1-13,15H,14H2,(H,24,25). The summed E-state index contributed by atoms with van der Waals surface area (Å²) in [6.45, 7) is 0. The lowest BCUT2D eigenvalue weighted by Gasteiger charge is -2.03. The summed E-state index contributed by atoms with van der Waals surface area (Å²) < 4.78 is 0. The topological polar surface area (TPSA) is 58.6 Å². The first-order valence-corrected chi connectivity index (χ1v) is 8.43. The number of H-pyrrole nitrogens is 1. The van der Waals surface area contributed by atoms with Crippen LogP contribution >= 0.6 is 0 Å². The second-order valence-corrected chi connectivity index (χ2v) is 6.01.